The first kappa shape index (κ1) is 17.1. The zero-order valence-corrected chi connectivity index (χ0v) is 14.0. The van der Waals surface area contributed by atoms with Crippen molar-refractivity contribution in [2.24, 2.45) is 0 Å². The van der Waals surface area contributed by atoms with Crippen molar-refractivity contribution < 1.29 is 14.3 Å². The molecule has 0 amide bonds. The zero-order valence-electron chi connectivity index (χ0n) is 14.0. The van der Waals surface area contributed by atoms with Crippen molar-refractivity contribution in [3.05, 3.63) is 54.1 Å². The van der Waals surface area contributed by atoms with Gasteiger partial charge in [-0.2, -0.15) is 0 Å². The molecule has 0 aliphatic rings. The smallest absolute Gasteiger partial charge is 0.347 e. The Balaban J connectivity index is 1.94. The highest BCUT2D eigenvalue weighted by Gasteiger charge is 2.16. The average Bonchev–Trinajstić information content (AvgIpc) is 2.56. The summed E-state index contributed by atoms with van der Waals surface area (Å²) in [6.07, 6.45) is 1.28. The first-order valence-corrected chi connectivity index (χ1v) is 8.10. The molecule has 0 radical (unpaired) electrons. The van der Waals surface area contributed by atoms with Crippen LogP contribution in [-0.2, 0) is 9.53 Å². The quantitative estimate of drug-likeness (QED) is 0.545. The van der Waals surface area contributed by atoms with Crippen molar-refractivity contribution in [2.75, 3.05) is 6.61 Å². The largest absolute Gasteiger partial charge is 0.479 e. The van der Waals surface area contributed by atoms with Crippen LogP contribution in [0.1, 0.15) is 32.3 Å². The number of carbonyl (C=O) groups is 1. The van der Waals surface area contributed by atoms with E-state index < -0.39 is 6.10 Å². The van der Waals surface area contributed by atoms with Gasteiger partial charge in [0.25, 0.3) is 0 Å². The third kappa shape index (κ3) is 5.13. The van der Waals surface area contributed by atoms with E-state index in [4.69, 9.17) is 9.47 Å². The van der Waals surface area contributed by atoms with Crippen LogP contribution in [0, 0.1) is 6.92 Å². The fraction of sp³-hybridized carbons (Fsp3) is 0.350. The predicted molar refractivity (Wildman–Crippen MR) is 92.6 cm³/mol. The lowest BCUT2D eigenvalue weighted by atomic mass is 10.0. The minimum Gasteiger partial charge on any atom is -0.479 e. The lowest BCUT2D eigenvalue weighted by Crippen LogP contribution is -2.26. The Morgan fingerprint density at radius 3 is 2.13 bits per heavy atom. The molecule has 3 heteroatoms. The third-order valence-electron chi connectivity index (χ3n) is 3.63. The van der Waals surface area contributed by atoms with Gasteiger partial charge in [-0.3, -0.25) is 0 Å². The number of aryl methyl sites for hydroxylation is 1. The maximum absolute atomic E-state index is 11.8. The fourth-order valence-electron chi connectivity index (χ4n) is 2.16. The predicted octanol–water partition coefficient (Wildman–Crippen LogP) is 4.77. The molecule has 0 bridgehead atoms. The Bertz CT molecular complexity index is 614. The number of unbranched alkanes of at least 4 members (excludes halogenated alkanes) is 1. The number of rotatable bonds is 7. The van der Waals surface area contributed by atoms with E-state index in [1.165, 1.54) is 5.56 Å². The van der Waals surface area contributed by atoms with Gasteiger partial charge < -0.3 is 9.47 Å². The number of hydrogen-bond acceptors (Lipinski definition) is 3. The van der Waals surface area contributed by atoms with Gasteiger partial charge in [-0.25, -0.2) is 4.79 Å². The molecule has 0 aliphatic carbocycles. The summed E-state index contributed by atoms with van der Waals surface area (Å²) in [7, 11) is 0. The molecule has 2 aromatic rings. The van der Waals surface area contributed by atoms with E-state index in [-0.39, 0.29) is 5.97 Å². The monoisotopic (exact) mass is 312 g/mol. The minimum atomic E-state index is -0.600. The van der Waals surface area contributed by atoms with Crippen molar-refractivity contribution in [3.8, 4) is 16.9 Å². The second kappa shape index (κ2) is 8.37. The topological polar surface area (TPSA) is 35.5 Å². The lowest BCUT2D eigenvalue weighted by Gasteiger charge is -2.14. The lowest BCUT2D eigenvalue weighted by molar-refractivity contribution is -0.151. The minimum absolute atomic E-state index is 0.318. The molecule has 0 heterocycles. The SMILES string of the molecule is CCCCOC(=O)[C@@H](C)Oc1ccc(-c2ccc(C)cc2)cc1. The molecule has 0 fully saturated rings. The van der Waals surface area contributed by atoms with E-state index in [2.05, 4.69) is 38.1 Å². The standard InChI is InChI=1S/C20H24O3/c1-4-5-14-22-20(21)16(3)23-19-12-10-18(11-13-19)17-8-6-15(2)7-9-17/h6-13,16H,4-5,14H2,1-3H3/t16-/m1/s1. The number of ether oxygens (including phenoxy) is 2. The van der Waals surface area contributed by atoms with Crippen LogP contribution in [-0.4, -0.2) is 18.7 Å². The average molecular weight is 312 g/mol. The highest BCUT2D eigenvalue weighted by molar-refractivity contribution is 5.74. The van der Waals surface area contributed by atoms with E-state index in [1.807, 2.05) is 24.3 Å². The summed E-state index contributed by atoms with van der Waals surface area (Å²) in [5.41, 5.74) is 3.52. The first-order chi connectivity index (χ1) is 11.1. The summed E-state index contributed by atoms with van der Waals surface area (Å²) in [5.74, 6) is 0.349. The molecule has 3 nitrogen and oxygen atoms in total. The van der Waals surface area contributed by atoms with Gasteiger partial charge >= 0.3 is 5.97 Å². The molecule has 2 rings (SSSR count). The molecule has 0 aromatic heterocycles. The number of benzene rings is 2. The first-order valence-electron chi connectivity index (χ1n) is 8.10. The molecule has 23 heavy (non-hydrogen) atoms. The van der Waals surface area contributed by atoms with Crippen molar-refractivity contribution in [1.82, 2.24) is 0 Å². The summed E-state index contributed by atoms with van der Waals surface area (Å²) in [4.78, 5) is 11.8. The van der Waals surface area contributed by atoms with E-state index in [9.17, 15) is 4.79 Å². The van der Waals surface area contributed by atoms with Gasteiger partial charge in [-0.15, -0.1) is 0 Å². The maximum atomic E-state index is 11.8. The Labute approximate surface area is 138 Å². The fourth-order valence-corrected chi connectivity index (χ4v) is 2.16. The highest BCUT2D eigenvalue weighted by atomic mass is 16.6. The highest BCUT2D eigenvalue weighted by Crippen LogP contribution is 2.23. The molecular formula is C20H24O3. The van der Waals surface area contributed by atoms with Gasteiger partial charge in [0.05, 0.1) is 6.61 Å². The van der Waals surface area contributed by atoms with E-state index in [0.29, 0.717) is 12.4 Å². The van der Waals surface area contributed by atoms with Crippen molar-refractivity contribution in [3.63, 3.8) is 0 Å². The van der Waals surface area contributed by atoms with E-state index >= 15 is 0 Å². The summed E-state index contributed by atoms with van der Waals surface area (Å²) >= 11 is 0. The van der Waals surface area contributed by atoms with Crippen molar-refractivity contribution in [1.29, 1.82) is 0 Å². The Hall–Kier alpha value is -2.29. The molecule has 0 saturated carbocycles. The van der Waals surface area contributed by atoms with Gasteiger partial charge in [-0.1, -0.05) is 55.3 Å². The molecule has 0 spiro atoms. The zero-order chi connectivity index (χ0) is 16.7. The van der Waals surface area contributed by atoms with E-state index in [1.54, 1.807) is 6.92 Å². The molecule has 0 unspecified atom stereocenters. The second-order valence-electron chi connectivity index (χ2n) is 5.67. The number of esters is 1. The van der Waals surface area contributed by atoms with Crippen LogP contribution in [0.4, 0.5) is 0 Å². The van der Waals surface area contributed by atoms with Crippen LogP contribution < -0.4 is 4.74 Å². The summed E-state index contributed by atoms with van der Waals surface area (Å²) in [6.45, 7) is 6.29. The van der Waals surface area contributed by atoms with Gasteiger partial charge in [-0.05, 0) is 43.5 Å². The normalized spacial score (nSPS) is 11.8. The van der Waals surface area contributed by atoms with Crippen LogP contribution in [0.3, 0.4) is 0 Å². The van der Waals surface area contributed by atoms with Crippen molar-refractivity contribution >= 4 is 5.97 Å². The van der Waals surface area contributed by atoms with Gasteiger partial charge in [0, 0.05) is 0 Å². The third-order valence-corrected chi connectivity index (χ3v) is 3.63. The number of carbonyl (C=O) groups excluding carboxylic acids is 1. The summed E-state index contributed by atoms with van der Waals surface area (Å²) in [5, 5.41) is 0. The van der Waals surface area contributed by atoms with Crippen LogP contribution in [0.2, 0.25) is 0 Å². The van der Waals surface area contributed by atoms with Crippen LogP contribution in [0.15, 0.2) is 48.5 Å². The molecular weight excluding hydrogens is 288 g/mol. The molecule has 0 saturated heterocycles. The Morgan fingerprint density at radius 2 is 1.57 bits per heavy atom. The van der Waals surface area contributed by atoms with Crippen LogP contribution in [0.5, 0.6) is 5.75 Å². The van der Waals surface area contributed by atoms with Crippen LogP contribution >= 0.6 is 0 Å². The maximum Gasteiger partial charge on any atom is 0.347 e. The second-order valence-corrected chi connectivity index (χ2v) is 5.67. The summed E-state index contributed by atoms with van der Waals surface area (Å²) in [6, 6.07) is 16.1. The molecule has 0 aliphatic heterocycles. The van der Waals surface area contributed by atoms with Gasteiger partial charge in [0.15, 0.2) is 6.10 Å². The van der Waals surface area contributed by atoms with Crippen LogP contribution in [0.25, 0.3) is 11.1 Å². The van der Waals surface area contributed by atoms with Gasteiger partial charge in [0.1, 0.15) is 5.75 Å². The van der Waals surface area contributed by atoms with E-state index in [0.717, 1.165) is 24.0 Å². The molecule has 0 N–H and O–H groups in total. The summed E-state index contributed by atoms with van der Waals surface area (Å²) < 4.78 is 10.8. The molecule has 1 atom stereocenters. The molecule has 2 aromatic carbocycles. The molecule has 122 valence electrons. The number of hydrogen-bond donors (Lipinski definition) is 0. The van der Waals surface area contributed by atoms with Gasteiger partial charge in [0.2, 0.25) is 0 Å². The Kier molecular flexibility index (Phi) is 6.21. The van der Waals surface area contributed by atoms with Crippen molar-refractivity contribution in [2.45, 2.75) is 39.7 Å². The Morgan fingerprint density at radius 1 is 1.00 bits per heavy atom.